The molecule has 0 atom stereocenters. The molecule has 0 saturated carbocycles. The van der Waals surface area contributed by atoms with Crippen LogP contribution in [0.4, 0.5) is 0 Å². The number of amides is 1. The van der Waals surface area contributed by atoms with Gasteiger partial charge in [0.25, 0.3) is 5.91 Å². The lowest BCUT2D eigenvalue weighted by Crippen LogP contribution is -2.25. The zero-order chi connectivity index (χ0) is 13.8. The van der Waals surface area contributed by atoms with E-state index in [0.29, 0.717) is 28.6 Å². The van der Waals surface area contributed by atoms with Crippen molar-refractivity contribution in [2.24, 2.45) is 5.92 Å². The van der Waals surface area contributed by atoms with Gasteiger partial charge in [0, 0.05) is 18.1 Å². The number of fused-ring (bicyclic) bond motifs is 1. The molecular weight excluding hydrogens is 260 g/mol. The quantitative estimate of drug-likeness (QED) is 0.926. The Morgan fingerprint density at radius 2 is 2.16 bits per heavy atom. The van der Waals surface area contributed by atoms with Crippen molar-refractivity contribution in [1.82, 2.24) is 10.3 Å². The fourth-order valence-corrected chi connectivity index (χ4v) is 2.11. The molecule has 3 nitrogen and oxygen atoms in total. The minimum atomic E-state index is -0.0963. The molecule has 19 heavy (non-hydrogen) atoms. The van der Waals surface area contributed by atoms with E-state index < -0.39 is 0 Å². The highest BCUT2D eigenvalue weighted by atomic mass is 35.5. The molecule has 0 aliphatic rings. The van der Waals surface area contributed by atoms with Crippen LogP contribution in [0.3, 0.4) is 0 Å². The summed E-state index contributed by atoms with van der Waals surface area (Å²) in [6, 6.07) is 7.15. The van der Waals surface area contributed by atoms with Crippen LogP contribution in [0.1, 0.15) is 30.6 Å². The van der Waals surface area contributed by atoms with Crippen LogP contribution in [0.2, 0.25) is 5.02 Å². The van der Waals surface area contributed by atoms with Crippen LogP contribution in [0, 0.1) is 5.92 Å². The maximum absolute atomic E-state index is 12.2. The summed E-state index contributed by atoms with van der Waals surface area (Å²) in [7, 11) is 0. The van der Waals surface area contributed by atoms with Crippen molar-refractivity contribution in [3.63, 3.8) is 0 Å². The Bertz CT molecular complexity index is 596. The monoisotopic (exact) mass is 276 g/mol. The Kier molecular flexibility index (Phi) is 4.38. The van der Waals surface area contributed by atoms with E-state index in [1.165, 1.54) is 0 Å². The second kappa shape index (κ2) is 6.02. The molecule has 0 aliphatic carbocycles. The maximum atomic E-state index is 12.2. The summed E-state index contributed by atoms with van der Waals surface area (Å²) in [4.78, 5) is 16.4. The number of hydrogen-bond acceptors (Lipinski definition) is 2. The van der Waals surface area contributed by atoms with E-state index in [9.17, 15) is 4.79 Å². The number of carbonyl (C=O) groups excluding carboxylic acids is 1. The Morgan fingerprint density at radius 1 is 1.37 bits per heavy atom. The molecule has 2 aromatic rings. The fourth-order valence-electron chi connectivity index (χ4n) is 1.89. The van der Waals surface area contributed by atoms with Crippen molar-refractivity contribution in [2.45, 2.75) is 20.3 Å². The normalized spacial score (nSPS) is 10.9. The first-order valence-corrected chi connectivity index (χ1v) is 6.79. The van der Waals surface area contributed by atoms with E-state index in [-0.39, 0.29) is 5.91 Å². The SMILES string of the molecule is CC(C)CCNC(=O)c1ccc(Cl)c2cccnc12. The third-order valence-corrected chi connectivity index (χ3v) is 3.30. The van der Waals surface area contributed by atoms with E-state index >= 15 is 0 Å². The molecule has 0 spiro atoms. The molecule has 100 valence electrons. The Morgan fingerprint density at radius 3 is 2.89 bits per heavy atom. The lowest BCUT2D eigenvalue weighted by molar-refractivity contribution is 0.0953. The van der Waals surface area contributed by atoms with Gasteiger partial charge >= 0.3 is 0 Å². The lowest BCUT2D eigenvalue weighted by atomic mass is 10.1. The van der Waals surface area contributed by atoms with Gasteiger partial charge < -0.3 is 5.32 Å². The number of rotatable bonds is 4. The van der Waals surface area contributed by atoms with Gasteiger partial charge in [0.2, 0.25) is 0 Å². The second-order valence-corrected chi connectivity index (χ2v) is 5.34. The van der Waals surface area contributed by atoms with Crippen molar-refractivity contribution in [1.29, 1.82) is 0 Å². The maximum Gasteiger partial charge on any atom is 0.253 e. The Labute approximate surface area is 118 Å². The van der Waals surface area contributed by atoms with Crippen molar-refractivity contribution in [3.8, 4) is 0 Å². The Hall–Kier alpha value is -1.61. The van der Waals surface area contributed by atoms with Crippen molar-refractivity contribution in [2.75, 3.05) is 6.54 Å². The predicted octanol–water partition coefficient (Wildman–Crippen LogP) is 3.66. The third-order valence-electron chi connectivity index (χ3n) is 2.97. The zero-order valence-corrected chi connectivity index (χ0v) is 11.9. The van der Waals surface area contributed by atoms with Gasteiger partial charge in [-0.3, -0.25) is 9.78 Å². The van der Waals surface area contributed by atoms with Crippen LogP contribution in [-0.4, -0.2) is 17.4 Å². The summed E-state index contributed by atoms with van der Waals surface area (Å²) < 4.78 is 0. The highest BCUT2D eigenvalue weighted by Crippen LogP contribution is 2.24. The molecule has 1 amide bonds. The standard InChI is InChI=1S/C15H17ClN2O/c1-10(2)7-9-18-15(19)12-5-6-13(16)11-4-3-8-17-14(11)12/h3-6,8,10H,7,9H2,1-2H3,(H,18,19). The van der Waals surface area contributed by atoms with Crippen molar-refractivity contribution < 1.29 is 4.79 Å². The summed E-state index contributed by atoms with van der Waals surface area (Å²) in [6.07, 6.45) is 2.63. The van der Waals surface area contributed by atoms with E-state index in [4.69, 9.17) is 11.6 Å². The minimum Gasteiger partial charge on any atom is -0.352 e. The number of hydrogen-bond donors (Lipinski definition) is 1. The molecule has 2 rings (SSSR count). The number of aromatic nitrogens is 1. The highest BCUT2D eigenvalue weighted by molar-refractivity contribution is 6.35. The zero-order valence-electron chi connectivity index (χ0n) is 11.1. The van der Waals surface area contributed by atoms with Gasteiger partial charge in [0.05, 0.1) is 16.1 Å². The second-order valence-electron chi connectivity index (χ2n) is 4.93. The van der Waals surface area contributed by atoms with E-state index in [2.05, 4.69) is 24.1 Å². The summed E-state index contributed by atoms with van der Waals surface area (Å²) in [5, 5.41) is 4.34. The van der Waals surface area contributed by atoms with Gasteiger partial charge in [0.15, 0.2) is 0 Å². The van der Waals surface area contributed by atoms with E-state index in [0.717, 1.165) is 11.8 Å². The molecule has 0 saturated heterocycles. The average molecular weight is 277 g/mol. The summed E-state index contributed by atoms with van der Waals surface area (Å²) in [6.45, 7) is 4.93. The van der Waals surface area contributed by atoms with Crippen LogP contribution in [0.25, 0.3) is 10.9 Å². The highest BCUT2D eigenvalue weighted by Gasteiger charge is 2.12. The third kappa shape index (κ3) is 3.24. The van der Waals surface area contributed by atoms with Crippen molar-refractivity contribution in [3.05, 3.63) is 41.0 Å². The molecule has 0 unspecified atom stereocenters. The molecule has 1 N–H and O–H groups in total. The summed E-state index contributed by atoms with van der Waals surface area (Å²) in [5.74, 6) is 0.474. The molecule has 1 heterocycles. The van der Waals surface area contributed by atoms with Gasteiger partial charge in [-0.05, 0) is 36.6 Å². The smallest absolute Gasteiger partial charge is 0.253 e. The van der Waals surface area contributed by atoms with Crippen molar-refractivity contribution >= 4 is 28.4 Å². The number of benzene rings is 1. The van der Waals surface area contributed by atoms with E-state index in [1.807, 2.05) is 12.1 Å². The minimum absolute atomic E-state index is 0.0963. The molecule has 1 aromatic carbocycles. The van der Waals surface area contributed by atoms with Gasteiger partial charge in [0.1, 0.15) is 0 Å². The first-order valence-electron chi connectivity index (χ1n) is 6.41. The first kappa shape index (κ1) is 13.8. The van der Waals surface area contributed by atoms with Crippen LogP contribution in [0.15, 0.2) is 30.5 Å². The molecule has 0 fully saturated rings. The van der Waals surface area contributed by atoms with Gasteiger partial charge in [-0.25, -0.2) is 0 Å². The molecular formula is C15H17ClN2O. The summed E-state index contributed by atoms with van der Waals surface area (Å²) in [5.41, 5.74) is 1.22. The number of nitrogens with zero attached hydrogens (tertiary/aromatic N) is 1. The number of halogens is 1. The average Bonchev–Trinajstić information content (AvgIpc) is 2.39. The molecule has 0 radical (unpaired) electrons. The van der Waals surface area contributed by atoms with E-state index in [1.54, 1.807) is 18.3 Å². The van der Waals surface area contributed by atoms with Crippen LogP contribution in [-0.2, 0) is 0 Å². The molecule has 0 aliphatic heterocycles. The number of carbonyl (C=O) groups is 1. The Balaban J connectivity index is 2.25. The van der Waals surface area contributed by atoms with Gasteiger partial charge in [-0.15, -0.1) is 0 Å². The molecule has 1 aromatic heterocycles. The number of pyridine rings is 1. The number of nitrogens with one attached hydrogen (secondary N) is 1. The molecule has 4 heteroatoms. The van der Waals surface area contributed by atoms with Crippen LogP contribution in [0.5, 0.6) is 0 Å². The van der Waals surface area contributed by atoms with Crippen LogP contribution < -0.4 is 5.32 Å². The van der Waals surface area contributed by atoms with Crippen LogP contribution >= 0.6 is 11.6 Å². The molecule has 0 bridgehead atoms. The topological polar surface area (TPSA) is 42.0 Å². The fraction of sp³-hybridized carbons (Fsp3) is 0.333. The first-order chi connectivity index (χ1) is 9.09. The lowest BCUT2D eigenvalue weighted by Gasteiger charge is -2.09. The van der Waals surface area contributed by atoms with Gasteiger partial charge in [-0.1, -0.05) is 25.4 Å². The predicted molar refractivity (Wildman–Crippen MR) is 78.5 cm³/mol. The largest absolute Gasteiger partial charge is 0.352 e. The summed E-state index contributed by atoms with van der Waals surface area (Å²) >= 11 is 6.11. The van der Waals surface area contributed by atoms with Gasteiger partial charge in [-0.2, -0.15) is 0 Å².